The van der Waals surface area contributed by atoms with Crippen LogP contribution in [0.1, 0.15) is 12.1 Å². The normalized spacial score (nSPS) is 14.3. The average Bonchev–Trinajstić information content (AvgIpc) is 3.43. The van der Waals surface area contributed by atoms with Crippen LogP contribution >= 0.6 is 0 Å². The summed E-state index contributed by atoms with van der Waals surface area (Å²) < 4.78 is 13.4. The van der Waals surface area contributed by atoms with E-state index in [0.29, 0.717) is 0 Å². The number of nitrogens with one attached hydrogen (secondary N) is 3. The first kappa shape index (κ1) is 18.0. The SMILES string of the molecule is Fc1ccc(-c2cncc3[nH]c(-c4n[nH]c5cnc(C6=CCNCC6)cc45)cc23)cc1. The summed E-state index contributed by atoms with van der Waals surface area (Å²) in [5.74, 6) is -0.255. The lowest BCUT2D eigenvalue weighted by atomic mass is 10.0. The zero-order valence-electron chi connectivity index (χ0n) is 16.6. The van der Waals surface area contributed by atoms with Crippen LogP contribution in [0.5, 0.6) is 0 Å². The van der Waals surface area contributed by atoms with Gasteiger partial charge in [0.05, 0.1) is 34.8 Å². The third-order valence-electron chi connectivity index (χ3n) is 5.80. The number of rotatable bonds is 3. The van der Waals surface area contributed by atoms with Crippen LogP contribution in [0.25, 0.3) is 49.9 Å². The lowest BCUT2D eigenvalue weighted by molar-refractivity contribution is 0.628. The topological polar surface area (TPSA) is 82.3 Å². The van der Waals surface area contributed by atoms with E-state index in [4.69, 9.17) is 0 Å². The van der Waals surface area contributed by atoms with Crippen LogP contribution in [0.15, 0.2) is 61.1 Å². The third kappa shape index (κ3) is 3.10. The van der Waals surface area contributed by atoms with Crippen LogP contribution in [-0.4, -0.2) is 38.2 Å². The van der Waals surface area contributed by atoms with Gasteiger partial charge in [-0.1, -0.05) is 18.2 Å². The smallest absolute Gasteiger partial charge is 0.123 e. The molecule has 152 valence electrons. The second kappa shape index (κ2) is 7.14. The number of hydrogen-bond donors (Lipinski definition) is 3. The van der Waals surface area contributed by atoms with E-state index in [2.05, 4.69) is 48.7 Å². The molecule has 6 nitrogen and oxygen atoms in total. The maximum absolute atomic E-state index is 13.4. The Morgan fingerprint density at radius 3 is 2.68 bits per heavy atom. The summed E-state index contributed by atoms with van der Waals surface area (Å²) in [5, 5.41) is 13.0. The van der Waals surface area contributed by atoms with Crippen LogP contribution in [-0.2, 0) is 0 Å². The van der Waals surface area contributed by atoms with Crippen LogP contribution in [0.4, 0.5) is 4.39 Å². The first-order chi connectivity index (χ1) is 15.3. The van der Waals surface area contributed by atoms with Crippen molar-refractivity contribution < 1.29 is 4.39 Å². The Bertz CT molecular complexity index is 1440. The van der Waals surface area contributed by atoms with Gasteiger partial charge >= 0.3 is 0 Å². The highest BCUT2D eigenvalue weighted by Crippen LogP contribution is 2.34. The first-order valence-corrected chi connectivity index (χ1v) is 10.2. The molecule has 0 radical (unpaired) electrons. The molecule has 5 heterocycles. The van der Waals surface area contributed by atoms with Gasteiger partial charge in [-0.3, -0.25) is 15.1 Å². The molecule has 6 rings (SSSR count). The molecule has 0 amide bonds. The predicted molar refractivity (Wildman–Crippen MR) is 120 cm³/mol. The van der Waals surface area contributed by atoms with Crippen molar-refractivity contribution in [2.75, 3.05) is 13.1 Å². The molecule has 7 heteroatoms. The standard InChI is InChI=1S/C24H19FN6/c25-16-3-1-14(2-4-16)19-11-27-12-22-17(19)9-21(29-22)24-18-10-20(15-5-7-26-8-6-15)28-13-23(18)30-31-24/h1-5,9-13,26,29H,6-8H2,(H,30,31). The zero-order valence-corrected chi connectivity index (χ0v) is 16.6. The van der Waals surface area contributed by atoms with E-state index < -0.39 is 0 Å². The molecule has 0 atom stereocenters. The summed E-state index contributed by atoms with van der Waals surface area (Å²) in [6, 6.07) is 10.7. The molecule has 0 aliphatic carbocycles. The zero-order chi connectivity index (χ0) is 20.8. The number of hydrogen-bond acceptors (Lipinski definition) is 4. The second-order valence-electron chi connectivity index (χ2n) is 7.71. The van der Waals surface area contributed by atoms with E-state index >= 15 is 0 Å². The molecule has 1 aliphatic rings. The van der Waals surface area contributed by atoms with Gasteiger partial charge in [0.1, 0.15) is 11.5 Å². The summed E-state index contributed by atoms with van der Waals surface area (Å²) in [6.07, 6.45) is 8.61. The maximum Gasteiger partial charge on any atom is 0.123 e. The summed E-state index contributed by atoms with van der Waals surface area (Å²) in [6.45, 7) is 1.83. The maximum atomic E-state index is 13.4. The van der Waals surface area contributed by atoms with E-state index in [0.717, 1.165) is 69.5 Å². The Morgan fingerprint density at radius 1 is 0.935 bits per heavy atom. The van der Waals surface area contributed by atoms with Crippen LogP contribution in [0.2, 0.25) is 0 Å². The number of H-pyrrole nitrogens is 2. The van der Waals surface area contributed by atoms with E-state index in [1.165, 1.54) is 17.7 Å². The number of nitrogens with zero attached hydrogens (tertiary/aromatic N) is 3. The van der Waals surface area contributed by atoms with Crippen LogP contribution < -0.4 is 5.32 Å². The highest BCUT2D eigenvalue weighted by atomic mass is 19.1. The molecule has 5 aromatic rings. The molecule has 31 heavy (non-hydrogen) atoms. The quantitative estimate of drug-likeness (QED) is 0.403. The van der Waals surface area contributed by atoms with Crippen LogP contribution in [0.3, 0.4) is 0 Å². The summed E-state index contributed by atoms with van der Waals surface area (Å²) in [4.78, 5) is 12.4. The fourth-order valence-electron chi connectivity index (χ4n) is 4.19. The average molecular weight is 410 g/mol. The Balaban J connectivity index is 1.48. The Morgan fingerprint density at radius 2 is 1.84 bits per heavy atom. The van der Waals surface area contributed by atoms with Gasteiger partial charge in [0.25, 0.3) is 0 Å². The fourth-order valence-corrected chi connectivity index (χ4v) is 4.19. The number of halogens is 1. The first-order valence-electron chi connectivity index (χ1n) is 10.2. The largest absolute Gasteiger partial charge is 0.352 e. The minimum atomic E-state index is -0.255. The molecule has 3 N–H and O–H groups in total. The minimum absolute atomic E-state index is 0.255. The molecule has 0 saturated heterocycles. The van der Waals surface area contributed by atoms with Crippen molar-refractivity contribution in [3.8, 4) is 22.5 Å². The Kier molecular flexibility index (Phi) is 4.14. The number of benzene rings is 1. The number of aromatic nitrogens is 5. The van der Waals surface area contributed by atoms with E-state index in [1.54, 1.807) is 18.3 Å². The van der Waals surface area contributed by atoms with E-state index in [-0.39, 0.29) is 5.82 Å². The lowest BCUT2D eigenvalue weighted by Gasteiger charge is -2.13. The van der Waals surface area contributed by atoms with E-state index in [9.17, 15) is 4.39 Å². The molecule has 1 aliphatic heterocycles. The lowest BCUT2D eigenvalue weighted by Crippen LogP contribution is -2.20. The van der Waals surface area contributed by atoms with Crippen LogP contribution in [0, 0.1) is 5.82 Å². The number of aromatic amines is 2. The second-order valence-corrected chi connectivity index (χ2v) is 7.71. The highest BCUT2D eigenvalue weighted by molar-refractivity contribution is 6.00. The number of pyridine rings is 2. The Labute approximate surface area is 177 Å². The van der Waals surface area contributed by atoms with Gasteiger partial charge in [0.15, 0.2) is 0 Å². The summed E-state index contributed by atoms with van der Waals surface area (Å²) >= 11 is 0. The van der Waals surface area contributed by atoms with Crippen molar-refractivity contribution in [1.82, 2.24) is 30.5 Å². The van der Waals surface area contributed by atoms with Crippen molar-refractivity contribution in [2.24, 2.45) is 0 Å². The third-order valence-corrected chi connectivity index (χ3v) is 5.80. The molecular weight excluding hydrogens is 391 g/mol. The van der Waals surface area contributed by atoms with Crippen molar-refractivity contribution in [3.05, 3.63) is 72.6 Å². The molecule has 0 saturated carbocycles. The monoisotopic (exact) mass is 410 g/mol. The molecule has 4 aromatic heterocycles. The highest BCUT2D eigenvalue weighted by Gasteiger charge is 2.16. The van der Waals surface area contributed by atoms with Crippen molar-refractivity contribution >= 4 is 27.4 Å². The Hall–Kier alpha value is -3.84. The van der Waals surface area contributed by atoms with Crippen molar-refractivity contribution in [3.63, 3.8) is 0 Å². The van der Waals surface area contributed by atoms with Gasteiger partial charge in [-0.05, 0) is 48.4 Å². The number of fused-ring (bicyclic) bond motifs is 2. The molecule has 0 bridgehead atoms. The predicted octanol–water partition coefficient (Wildman–Crippen LogP) is 4.68. The van der Waals surface area contributed by atoms with Gasteiger partial charge in [-0.25, -0.2) is 4.39 Å². The van der Waals surface area contributed by atoms with Gasteiger partial charge in [-0.2, -0.15) is 5.10 Å². The fraction of sp³-hybridized carbons (Fsp3) is 0.125. The van der Waals surface area contributed by atoms with Gasteiger partial charge < -0.3 is 10.3 Å². The molecule has 1 aromatic carbocycles. The molecule has 0 fully saturated rings. The van der Waals surface area contributed by atoms with Crippen molar-refractivity contribution in [2.45, 2.75) is 6.42 Å². The molecule has 0 spiro atoms. The van der Waals surface area contributed by atoms with Crippen molar-refractivity contribution in [1.29, 1.82) is 0 Å². The summed E-state index contributed by atoms with van der Waals surface area (Å²) in [7, 11) is 0. The van der Waals surface area contributed by atoms with Gasteiger partial charge in [0, 0.05) is 29.1 Å². The molecule has 0 unspecified atom stereocenters. The van der Waals surface area contributed by atoms with E-state index in [1.807, 2.05) is 12.4 Å². The van der Waals surface area contributed by atoms with Gasteiger partial charge in [-0.15, -0.1) is 0 Å². The van der Waals surface area contributed by atoms with Gasteiger partial charge in [0.2, 0.25) is 0 Å². The minimum Gasteiger partial charge on any atom is -0.352 e. The summed E-state index contributed by atoms with van der Waals surface area (Å²) in [5.41, 5.74) is 7.65. The molecular formula is C24H19FN6.